The van der Waals surface area contributed by atoms with Gasteiger partial charge in [-0.2, -0.15) is 11.8 Å². The number of rotatable bonds is 2. The lowest BCUT2D eigenvalue weighted by Crippen LogP contribution is -2.53. The molecule has 0 spiro atoms. The highest BCUT2D eigenvalue weighted by Crippen LogP contribution is 2.26. The van der Waals surface area contributed by atoms with Crippen LogP contribution in [0.3, 0.4) is 0 Å². The van der Waals surface area contributed by atoms with Gasteiger partial charge in [0.1, 0.15) is 0 Å². The number of piperidine rings is 1. The summed E-state index contributed by atoms with van der Waals surface area (Å²) >= 11 is 2.06. The maximum Gasteiger partial charge on any atom is 0.0299 e. The van der Waals surface area contributed by atoms with Crippen LogP contribution in [0.5, 0.6) is 0 Å². The van der Waals surface area contributed by atoms with Gasteiger partial charge in [-0.25, -0.2) is 0 Å². The van der Waals surface area contributed by atoms with Gasteiger partial charge in [0.05, 0.1) is 0 Å². The predicted molar refractivity (Wildman–Crippen MR) is 63.8 cm³/mol. The molecule has 2 fully saturated rings. The summed E-state index contributed by atoms with van der Waals surface area (Å²) in [6.07, 6.45) is 6.61. The Balaban J connectivity index is 1.81. The molecule has 0 aromatic rings. The standard InChI is InChI=1S/C11H22N2S/c12-11(4-8-14-9-5-11)10-13-6-2-1-3-7-13/h1-10,12H2. The Bertz CT molecular complexity index is 172. The van der Waals surface area contributed by atoms with Crippen LogP contribution in [0.15, 0.2) is 0 Å². The minimum atomic E-state index is 0.141. The molecule has 0 aliphatic carbocycles. The van der Waals surface area contributed by atoms with Crippen molar-refractivity contribution in [2.75, 3.05) is 31.1 Å². The molecule has 0 amide bonds. The smallest absolute Gasteiger partial charge is 0.0299 e. The molecule has 0 aromatic carbocycles. The van der Waals surface area contributed by atoms with Gasteiger partial charge >= 0.3 is 0 Å². The maximum atomic E-state index is 6.43. The maximum absolute atomic E-state index is 6.43. The summed E-state index contributed by atoms with van der Waals surface area (Å²) < 4.78 is 0. The number of nitrogens with zero attached hydrogens (tertiary/aromatic N) is 1. The van der Waals surface area contributed by atoms with Gasteiger partial charge in [0.15, 0.2) is 0 Å². The molecular formula is C11H22N2S. The Morgan fingerprint density at radius 2 is 1.71 bits per heavy atom. The number of nitrogens with two attached hydrogens (primary N) is 1. The van der Waals surface area contributed by atoms with Crippen LogP contribution in [0.2, 0.25) is 0 Å². The summed E-state index contributed by atoms with van der Waals surface area (Å²) in [4.78, 5) is 2.58. The predicted octanol–water partition coefficient (Wildman–Crippen LogP) is 1.70. The molecule has 2 saturated heterocycles. The van der Waals surface area contributed by atoms with Gasteiger partial charge in [0.2, 0.25) is 0 Å². The van der Waals surface area contributed by atoms with Crippen molar-refractivity contribution < 1.29 is 0 Å². The molecule has 2 aliphatic heterocycles. The Morgan fingerprint density at radius 1 is 1.07 bits per heavy atom. The monoisotopic (exact) mass is 214 g/mol. The molecule has 2 aliphatic rings. The zero-order valence-corrected chi connectivity index (χ0v) is 9.82. The molecule has 2 rings (SSSR count). The average Bonchev–Trinajstić information content (AvgIpc) is 2.19. The quantitative estimate of drug-likeness (QED) is 0.758. The number of hydrogen-bond donors (Lipinski definition) is 1. The van der Waals surface area contributed by atoms with Gasteiger partial charge in [-0.3, -0.25) is 0 Å². The van der Waals surface area contributed by atoms with E-state index in [1.54, 1.807) is 0 Å². The summed E-state index contributed by atoms with van der Waals surface area (Å²) in [6, 6.07) is 0. The molecule has 0 radical (unpaired) electrons. The minimum absolute atomic E-state index is 0.141. The van der Waals surface area contributed by atoms with E-state index in [0.29, 0.717) is 0 Å². The van der Waals surface area contributed by atoms with E-state index in [4.69, 9.17) is 5.73 Å². The Kier molecular flexibility index (Phi) is 3.74. The Labute approximate surface area is 91.6 Å². The summed E-state index contributed by atoms with van der Waals surface area (Å²) in [5, 5.41) is 0. The topological polar surface area (TPSA) is 29.3 Å². The second-order valence-corrected chi connectivity index (χ2v) is 6.04. The van der Waals surface area contributed by atoms with Gasteiger partial charge in [0, 0.05) is 12.1 Å². The third-order valence-corrected chi connectivity index (χ3v) is 4.46. The summed E-state index contributed by atoms with van der Waals surface area (Å²) in [5.74, 6) is 2.54. The lowest BCUT2D eigenvalue weighted by Gasteiger charge is -2.39. The van der Waals surface area contributed by atoms with E-state index in [-0.39, 0.29) is 5.54 Å². The van der Waals surface area contributed by atoms with Crippen molar-refractivity contribution in [2.45, 2.75) is 37.6 Å². The molecule has 82 valence electrons. The molecule has 2 nitrogen and oxygen atoms in total. The number of hydrogen-bond acceptors (Lipinski definition) is 3. The van der Waals surface area contributed by atoms with Crippen molar-refractivity contribution in [2.24, 2.45) is 5.73 Å². The van der Waals surface area contributed by atoms with E-state index < -0.39 is 0 Å². The Hall–Kier alpha value is 0.270. The molecule has 0 saturated carbocycles. The van der Waals surface area contributed by atoms with Crippen molar-refractivity contribution >= 4 is 11.8 Å². The van der Waals surface area contributed by atoms with Crippen molar-refractivity contribution in [1.82, 2.24) is 4.90 Å². The van der Waals surface area contributed by atoms with Gasteiger partial charge < -0.3 is 10.6 Å². The van der Waals surface area contributed by atoms with Crippen LogP contribution in [-0.4, -0.2) is 41.6 Å². The van der Waals surface area contributed by atoms with Gasteiger partial charge in [-0.15, -0.1) is 0 Å². The first-order valence-electron chi connectivity index (χ1n) is 5.88. The highest BCUT2D eigenvalue weighted by Gasteiger charge is 2.30. The van der Waals surface area contributed by atoms with Crippen molar-refractivity contribution in [3.63, 3.8) is 0 Å². The minimum Gasteiger partial charge on any atom is -0.324 e. The fourth-order valence-corrected chi connectivity index (χ4v) is 3.80. The summed E-state index contributed by atoms with van der Waals surface area (Å²) in [7, 11) is 0. The lowest BCUT2D eigenvalue weighted by atomic mass is 9.92. The van der Waals surface area contributed by atoms with Gasteiger partial charge in [-0.1, -0.05) is 6.42 Å². The fourth-order valence-electron chi connectivity index (χ4n) is 2.50. The number of likely N-dealkylation sites (tertiary alicyclic amines) is 1. The third-order valence-electron chi connectivity index (χ3n) is 3.48. The van der Waals surface area contributed by atoms with Crippen molar-refractivity contribution in [1.29, 1.82) is 0 Å². The first-order chi connectivity index (χ1) is 6.79. The van der Waals surface area contributed by atoms with E-state index >= 15 is 0 Å². The molecule has 0 bridgehead atoms. The molecule has 0 unspecified atom stereocenters. The third kappa shape index (κ3) is 2.88. The summed E-state index contributed by atoms with van der Waals surface area (Å²) in [6.45, 7) is 3.71. The second-order valence-electron chi connectivity index (χ2n) is 4.81. The van der Waals surface area contributed by atoms with Crippen LogP contribution >= 0.6 is 11.8 Å². The van der Waals surface area contributed by atoms with Gasteiger partial charge in [-0.05, 0) is 50.3 Å². The Morgan fingerprint density at radius 3 is 2.36 bits per heavy atom. The molecular weight excluding hydrogens is 192 g/mol. The number of thioether (sulfide) groups is 1. The van der Waals surface area contributed by atoms with E-state index in [2.05, 4.69) is 16.7 Å². The van der Waals surface area contributed by atoms with E-state index in [0.717, 1.165) is 6.54 Å². The molecule has 2 heterocycles. The van der Waals surface area contributed by atoms with E-state index in [1.807, 2.05) is 0 Å². The van der Waals surface area contributed by atoms with Crippen LogP contribution in [0.4, 0.5) is 0 Å². The lowest BCUT2D eigenvalue weighted by molar-refractivity contribution is 0.171. The van der Waals surface area contributed by atoms with Crippen molar-refractivity contribution in [3.05, 3.63) is 0 Å². The zero-order valence-electron chi connectivity index (χ0n) is 9.00. The van der Waals surface area contributed by atoms with Crippen LogP contribution in [0, 0.1) is 0 Å². The highest BCUT2D eigenvalue weighted by molar-refractivity contribution is 7.99. The summed E-state index contributed by atoms with van der Waals surface area (Å²) in [5.41, 5.74) is 6.58. The van der Waals surface area contributed by atoms with Crippen LogP contribution < -0.4 is 5.73 Å². The van der Waals surface area contributed by atoms with E-state index in [9.17, 15) is 0 Å². The normalized spacial score (nSPS) is 28.9. The average molecular weight is 214 g/mol. The molecule has 0 atom stereocenters. The second kappa shape index (κ2) is 4.86. The first-order valence-corrected chi connectivity index (χ1v) is 7.03. The molecule has 14 heavy (non-hydrogen) atoms. The van der Waals surface area contributed by atoms with Crippen LogP contribution in [-0.2, 0) is 0 Å². The highest BCUT2D eigenvalue weighted by atomic mass is 32.2. The molecule has 3 heteroatoms. The van der Waals surface area contributed by atoms with Gasteiger partial charge in [0.25, 0.3) is 0 Å². The zero-order chi connectivity index (χ0) is 9.86. The fraction of sp³-hybridized carbons (Fsp3) is 1.00. The van der Waals surface area contributed by atoms with E-state index in [1.165, 1.54) is 56.7 Å². The van der Waals surface area contributed by atoms with Crippen LogP contribution in [0.1, 0.15) is 32.1 Å². The van der Waals surface area contributed by atoms with Crippen LogP contribution in [0.25, 0.3) is 0 Å². The largest absolute Gasteiger partial charge is 0.324 e. The molecule has 2 N–H and O–H groups in total. The van der Waals surface area contributed by atoms with Crippen molar-refractivity contribution in [3.8, 4) is 0 Å². The SMILES string of the molecule is NC1(CN2CCCCC2)CCSCC1. The first kappa shape index (κ1) is 10.8. The molecule has 0 aromatic heterocycles.